The van der Waals surface area contributed by atoms with E-state index in [-0.39, 0.29) is 0 Å². The fraction of sp³-hybridized carbons (Fsp3) is 0.176. The Morgan fingerprint density at radius 3 is 2.53 bits per heavy atom. The van der Waals surface area contributed by atoms with Gasteiger partial charge in [-0.25, -0.2) is 4.98 Å². The zero-order chi connectivity index (χ0) is 13.2. The van der Waals surface area contributed by atoms with Gasteiger partial charge in [0.15, 0.2) is 0 Å². The van der Waals surface area contributed by atoms with Crippen LogP contribution in [-0.2, 0) is 6.42 Å². The number of hydrogen-bond acceptors (Lipinski definition) is 2. The molecule has 0 unspecified atom stereocenters. The van der Waals surface area contributed by atoms with E-state index in [0.29, 0.717) is 0 Å². The van der Waals surface area contributed by atoms with Crippen LogP contribution in [0.3, 0.4) is 0 Å². The Labute approximate surface area is 113 Å². The van der Waals surface area contributed by atoms with E-state index in [1.54, 1.807) is 12.4 Å². The molecule has 2 heteroatoms. The van der Waals surface area contributed by atoms with Crippen LogP contribution in [0.4, 0.5) is 0 Å². The molecule has 3 aromatic rings. The van der Waals surface area contributed by atoms with Gasteiger partial charge in [0.25, 0.3) is 0 Å². The zero-order valence-electron chi connectivity index (χ0n) is 11.2. The third kappa shape index (κ3) is 2.22. The number of aryl methyl sites for hydroxylation is 2. The van der Waals surface area contributed by atoms with Crippen LogP contribution in [0.5, 0.6) is 0 Å². The summed E-state index contributed by atoms with van der Waals surface area (Å²) in [4.78, 5) is 8.80. The average molecular weight is 248 g/mol. The van der Waals surface area contributed by atoms with Crippen molar-refractivity contribution in [2.45, 2.75) is 20.3 Å². The van der Waals surface area contributed by atoms with Crippen LogP contribution in [0, 0.1) is 6.92 Å². The summed E-state index contributed by atoms with van der Waals surface area (Å²) in [6, 6.07) is 12.7. The molecule has 2 aromatic heterocycles. The van der Waals surface area contributed by atoms with Crippen LogP contribution in [-0.4, -0.2) is 9.97 Å². The number of benzene rings is 1. The Morgan fingerprint density at radius 2 is 1.79 bits per heavy atom. The fourth-order valence-corrected chi connectivity index (χ4v) is 2.33. The third-order valence-electron chi connectivity index (χ3n) is 3.46. The van der Waals surface area contributed by atoms with Gasteiger partial charge in [-0.2, -0.15) is 0 Å². The van der Waals surface area contributed by atoms with Crippen LogP contribution in [0.1, 0.15) is 18.1 Å². The largest absolute Gasteiger partial charge is 0.265 e. The minimum atomic E-state index is 1.01. The maximum absolute atomic E-state index is 4.75. The van der Waals surface area contributed by atoms with E-state index in [9.17, 15) is 0 Å². The lowest BCUT2D eigenvalue weighted by molar-refractivity contribution is 1.14. The molecule has 1 aromatic carbocycles. The van der Waals surface area contributed by atoms with Gasteiger partial charge in [-0.1, -0.05) is 13.0 Å². The van der Waals surface area contributed by atoms with Gasteiger partial charge in [-0.15, -0.1) is 0 Å². The molecule has 0 N–H and O–H groups in total. The first-order chi connectivity index (χ1) is 9.28. The van der Waals surface area contributed by atoms with Crippen LogP contribution < -0.4 is 0 Å². The molecule has 3 rings (SSSR count). The molecule has 0 aliphatic heterocycles. The van der Waals surface area contributed by atoms with Gasteiger partial charge in [0.2, 0.25) is 0 Å². The summed E-state index contributed by atoms with van der Waals surface area (Å²) < 4.78 is 0. The minimum absolute atomic E-state index is 1.01. The van der Waals surface area contributed by atoms with Gasteiger partial charge < -0.3 is 0 Å². The number of aromatic nitrogens is 2. The molecule has 0 saturated carbocycles. The smallest absolute Gasteiger partial charge is 0.0713 e. The molecular formula is C17H16N2. The average Bonchev–Trinajstić information content (AvgIpc) is 2.48. The fourth-order valence-electron chi connectivity index (χ4n) is 2.33. The topological polar surface area (TPSA) is 25.8 Å². The first-order valence-corrected chi connectivity index (χ1v) is 6.58. The predicted molar refractivity (Wildman–Crippen MR) is 79.1 cm³/mol. The quantitative estimate of drug-likeness (QED) is 0.680. The van der Waals surface area contributed by atoms with Gasteiger partial charge in [-0.3, -0.25) is 4.98 Å². The van der Waals surface area contributed by atoms with Crippen molar-refractivity contribution in [1.82, 2.24) is 9.97 Å². The molecule has 2 heterocycles. The van der Waals surface area contributed by atoms with Crippen molar-refractivity contribution < 1.29 is 0 Å². The molecule has 0 saturated heterocycles. The normalized spacial score (nSPS) is 10.8. The van der Waals surface area contributed by atoms with E-state index in [2.05, 4.69) is 43.1 Å². The highest BCUT2D eigenvalue weighted by atomic mass is 14.7. The van der Waals surface area contributed by atoms with Crippen molar-refractivity contribution in [3.63, 3.8) is 0 Å². The maximum Gasteiger partial charge on any atom is 0.0713 e. The van der Waals surface area contributed by atoms with Gasteiger partial charge in [0.1, 0.15) is 0 Å². The summed E-state index contributed by atoms with van der Waals surface area (Å²) in [5, 5.41) is 1.25. The lowest BCUT2D eigenvalue weighted by atomic mass is 10.0. The molecule has 0 aliphatic rings. The highest BCUT2D eigenvalue weighted by Crippen LogP contribution is 2.24. The number of fused-ring (bicyclic) bond motifs is 1. The summed E-state index contributed by atoms with van der Waals surface area (Å²) in [6.45, 7) is 4.32. The van der Waals surface area contributed by atoms with E-state index in [4.69, 9.17) is 4.98 Å². The van der Waals surface area contributed by atoms with E-state index in [1.807, 2.05) is 12.1 Å². The Kier molecular flexibility index (Phi) is 3.00. The standard InChI is InChI=1S/C17H16N2/c1-3-13-4-5-16-15(11-13)12(2)10-17(19-16)14-6-8-18-9-7-14/h4-11H,3H2,1-2H3. The first kappa shape index (κ1) is 11.8. The summed E-state index contributed by atoms with van der Waals surface area (Å²) in [6.07, 6.45) is 4.66. The van der Waals surface area contributed by atoms with Gasteiger partial charge in [0.05, 0.1) is 11.2 Å². The number of pyridine rings is 2. The van der Waals surface area contributed by atoms with Crippen molar-refractivity contribution >= 4 is 10.9 Å². The molecular weight excluding hydrogens is 232 g/mol. The van der Waals surface area contributed by atoms with Crippen LogP contribution in [0.15, 0.2) is 48.8 Å². The maximum atomic E-state index is 4.75. The molecule has 2 nitrogen and oxygen atoms in total. The Morgan fingerprint density at radius 1 is 1.00 bits per heavy atom. The van der Waals surface area contributed by atoms with Gasteiger partial charge in [0, 0.05) is 23.3 Å². The molecule has 0 radical (unpaired) electrons. The molecule has 0 atom stereocenters. The van der Waals surface area contributed by atoms with Crippen molar-refractivity contribution in [2.75, 3.05) is 0 Å². The van der Waals surface area contributed by atoms with Crippen molar-refractivity contribution in [2.24, 2.45) is 0 Å². The van der Waals surface area contributed by atoms with Crippen LogP contribution in [0.25, 0.3) is 22.2 Å². The number of rotatable bonds is 2. The summed E-state index contributed by atoms with van der Waals surface area (Å²) in [7, 11) is 0. The lowest BCUT2D eigenvalue weighted by Crippen LogP contribution is -1.90. The second-order valence-electron chi connectivity index (χ2n) is 4.77. The monoisotopic (exact) mass is 248 g/mol. The molecule has 0 bridgehead atoms. The van der Waals surface area contributed by atoms with Crippen molar-refractivity contribution in [1.29, 1.82) is 0 Å². The molecule has 0 fully saturated rings. The first-order valence-electron chi connectivity index (χ1n) is 6.58. The van der Waals surface area contributed by atoms with E-state index < -0.39 is 0 Å². The van der Waals surface area contributed by atoms with E-state index in [0.717, 1.165) is 23.2 Å². The van der Waals surface area contributed by atoms with E-state index in [1.165, 1.54) is 16.5 Å². The second-order valence-corrected chi connectivity index (χ2v) is 4.77. The molecule has 0 aliphatic carbocycles. The molecule has 0 amide bonds. The third-order valence-corrected chi connectivity index (χ3v) is 3.46. The van der Waals surface area contributed by atoms with Gasteiger partial charge >= 0.3 is 0 Å². The second kappa shape index (κ2) is 4.81. The minimum Gasteiger partial charge on any atom is -0.265 e. The molecule has 0 spiro atoms. The summed E-state index contributed by atoms with van der Waals surface area (Å²) in [5.41, 5.74) is 5.81. The van der Waals surface area contributed by atoms with Crippen molar-refractivity contribution in [3.05, 3.63) is 59.9 Å². The highest BCUT2D eigenvalue weighted by molar-refractivity contribution is 5.85. The van der Waals surface area contributed by atoms with E-state index >= 15 is 0 Å². The molecule has 94 valence electrons. The number of hydrogen-bond donors (Lipinski definition) is 0. The Bertz CT molecular complexity index is 718. The van der Waals surface area contributed by atoms with Crippen molar-refractivity contribution in [3.8, 4) is 11.3 Å². The zero-order valence-corrected chi connectivity index (χ0v) is 11.2. The summed E-state index contributed by atoms with van der Waals surface area (Å²) in [5.74, 6) is 0. The Balaban J connectivity index is 2.20. The SMILES string of the molecule is CCc1ccc2nc(-c3ccncc3)cc(C)c2c1. The highest BCUT2D eigenvalue weighted by Gasteiger charge is 2.05. The number of nitrogens with zero attached hydrogens (tertiary/aromatic N) is 2. The lowest BCUT2D eigenvalue weighted by Gasteiger charge is -2.08. The Hall–Kier alpha value is -2.22. The van der Waals surface area contributed by atoms with Crippen LogP contribution >= 0.6 is 0 Å². The van der Waals surface area contributed by atoms with Crippen LogP contribution in [0.2, 0.25) is 0 Å². The summed E-state index contributed by atoms with van der Waals surface area (Å²) >= 11 is 0. The van der Waals surface area contributed by atoms with Gasteiger partial charge in [-0.05, 0) is 54.8 Å². The molecule has 19 heavy (non-hydrogen) atoms. The predicted octanol–water partition coefficient (Wildman–Crippen LogP) is 4.17.